The van der Waals surface area contributed by atoms with Crippen LogP contribution in [0.5, 0.6) is 11.5 Å². The van der Waals surface area contributed by atoms with Crippen molar-refractivity contribution in [2.24, 2.45) is 0 Å². The van der Waals surface area contributed by atoms with Crippen molar-refractivity contribution in [2.45, 2.75) is 25.7 Å². The van der Waals surface area contributed by atoms with Crippen molar-refractivity contribution in [1.82, 2.24) is 14.8 Å². The zero-order valence-corrected chi connectivity index (χ0v) is 18.9. The number of amides is 1. The SMILES string of the molecule is COc1cc2c(cc1OC)CC(=O)N(CCCN(C)CCc1cc([N+](=O)[O-])ccn1)CC2. The van der Waals surface area contributed by atoms with Crippen molar-refractivity contribution in [1.29, 1.82) is 0 Å². The first kappa shape index (κ1) is 23.5. The Morgan fingerprint density at radius 1 is 1.16 bits per heavy atom. The van der Waals surface area contributed by atoms with Crippen LogP contribution in [0.2, 0.25) is 0 Å². The molecule has 0 spiro atoms. The smallest absolute Gasteiger partial charge is 0.272 e. The molecule has 1 aliphatic rings. The lowest BCUT2D eigenvalue weighted by Gasteiger charge is -2.22. The summed E-state index contributed by atoms with van der Waals surface area (Å²) in [4.78, 5) is 31.6. The Bertz CT molecular complexity index is 965. The van der Waals surface area contributed by atoms with Gasteiger partial charge >= 0.3 is 0 Å². The molecule has 0 unspecified atom stereocenters. The van der Waals surface area contributed by atoms with Crippen molar-refractivity contribution < 1.29 is 19.2 Å². The van der Waals surface area contributed by atoms with E-state index < -0.39 is 4.92 Å². The molecule has 3 rings (SSSR count). The summed E-state index contributed by atoms with van der Waals surface area (Å²) in [5.74, 6) is 1.46. The quantitative estimate of drug-likeness (QED) is 0.412. The van der Waals surface area contributed by atoms with Gasteiger partial charge in [-0.2, -0.15) is 0 Å². The molecule has 2 heterocycles. The number of pyridine rings is 1. The number of carbonyl (C=O) groups excluding carboxylic acids is 1. The molecule has 172 valence electrons. The van der Waals surface area contributed by atoms with E-state index in [4.69, 9.17) is 9.47 Å². The van der Waals surface area contributed by atoms with Gasteiger partial charge in [-0.1, -0.05) is 0 Å². The van der Waals surface area contributed by atoms with Gasteiger partial charge in [-0.3, -0.25) is 19.9 Å². The molecule has 0 saturated carbocycles. The molecule has 9 nitrogen and oxygen atoms in total. The van der Waals surface area contributed by atoms with E-state index >= 15 is 0 Å². The summed E-state index contributed by atoms with van der Waals surface area (Å²) in [6, 6.07) is 6.80. The summed E-state index contributed by atoms with van der Waals surface area (Å²) in [5.41, 5.74) is 2.89. The molecular formula is C23H30N4O5. The second-order valence-corrected chi connectivity index (χ2v) is 7.95. The average Bonchev–Trinajstić information content (AvgIpc) is 2.94. The van der Waals surface area contributed by atoms with Gasteiger partial charge in [0.1, 0.15) is 0 Å². The predicted octanol–water partition coefficient (Wildman–Crippen LogP) is 2.50. The molecule has 0 saturated heterocycles. The van der Waals surface area contributed by atoms with Gasteiger partial charge in [0.25, 0.3) is 5.69 Å². The minimum Gasteiger partial charge on any atom is -0.493 e. The lowest BCUT2D eigenvalue weighted by molar-refractivity contribution is -0.385. The molecule has 2 aromatic rings. The van der Waals surface area contributed by atoms with E-state index in [1.165, 1.54) is 18.3 Å². The number of likely N-dealkylation sites (N-methyl/N-ethyl adjacent to an activating group) is 1. The highest BCUT2D eigenvalue weighted by atomic mass is 16.6. The Hall–Kier alpha value is -3.20. The summed E-state index contributed by atoms with van der Waals surface area (Å²) >= 11 is 0. The van der Waals surface area contributed by atoms with E-state index in [0.717, 1.165) is 37.1 Å². The number of fused-ring (bicyclic) bond motifs is 1. The van der Waals surface area contributed by atoms with Crippen LogP contribution in [0.15, 0.2) is 30.5 Å². The molecule has 0 radical (unpaired) electrons. The first-order valence-corrected chi connectivity index (χ1v) is 10.7. The maximum absolute atomic E-state index is 12.8. The molecule has 1 aromatic carbocycles. The Labute approximate surface area is 188 Å². The largest absolute Gasteiger partial charge is 0.493 e. The van der Waals surface area contributed by atoms with Crippen LogP contribution in [-0.2, 0) is 24.1 Å². The Balaban J connectivity index is 1.48. The van der Waals surface area contributed by atoms with E-state index in [2.05, 4.69) is 9.88 Å². The number of hydrogen-bond donors (Lipinski definition) is 0. The second-order valence-electron chi connectivity index (χ2n) is 7.95. The summed E-state index contributed by atoms with van der Waals surface area (Å²) in [6.07, 6.45) is 4.12. The Kier molecular flexibility index (Phi) is 7.99. The van der Waals surface area contributed by atoms with Gasteiger partial charge in [-0.25, -0.2) is 0 Å². The van der Waals surface area contributed by atoms with Gasteiger partial charge in [-0.05, 0) is 49.7 Å². The van der Waals surface area contributed by atoms with Crippen molar-refractivity contribution in [3.63, 3.8) is 0 Å². The third kappa shape index (κ3) is 5.94. The molecule has 0 bridgehead atoms. The number of nitrogens with zero attached hydrogens (tertiary/aromatic N) is 4. The van der Waals surface area contributed by atoms with E-state index in [9.17, 15) is 14.9 Å². The molecule has 0 N–H and O–H groups in total. The van der Waals surface area contributed by atoms with Crippen molar-refractivity contribution in [2.75, 3.05) is 47.4 Å². The molecule has 1 amide bonds. The number of benzene rings is 1. The lowest BCUT2D eigenvalue weighted by Crippen LogP contribution is -2.35. The maximum atomic E-state index is 12.8. The maximum Gasteiger partial charge on any atom is 0.272 e. The molecule has 32 heavy (non-hydrogen) atoms. The van der Waals surface area contributed by atoms with Crippen LogP contribution in [0.3, 0.4) is 0 Å². The fraction of sp³-hybridized carbons (Fsp3) is 0.478. The Morgan fingerprint density at radius 3 is 2.56 bits per heavy atom. The predicted molar refractivity (Wildman–Crippen MR) is 120 cm³/mol. The minimum absolute atomic E-state index is 0.0635. The first-order chi connectivity index (χ1) is 15.4. The third-order valence-electron chi connectivity index (χ3n) is 5.78. The van der Waals surface area contributed by atoms with Crippen molar-refractivity contribution in [3.8, 4) is 11.5 Å². The third-order valence-corrected chi connectivity index (χ3v) is 5.78. The second kappa shape index (κ2) is 10.9. The van der Waals surface area contributed by atoms with Crippen LogP contribution in [-0.4, -0.2) is 73.1 Å². The molecular weight excluding hydrogens is 412 g/mol. The van der Waals surface area contributed by atoms with Gasteiger partial charge in [-0.15, -0.1) is 0 Å². The van der Waals surface area contributed by atoms with E-state index in [0.29, 0.717) is 43.1 Å². The highest BCUT2D eigenvalue weighted by Gasteiger charge is 2.22. The van der Waals surface area contributed by atoms with Crippen molar-refractivity contribution >= 4 is 11.6 Å². The van der Waals surface area contributed by atoms with E-state index in [-0.39, 0.29) is 11.6 Å². The Morgan fingerprint density at radius 2 is 1.88 bits per heavy atom. The van der Waals surface area contributed by atoms with Crippen LogP contribution in [0.25, 0.3) is 0 Å². The average molecular weight is 443 g/mol. The zero-order valence-electron chi connectivity index (χ0n) is 18.9. The molecule has 1 aliphatic heterocycles. The van der Waals surface area contributed by atoms with Crippen LogP contribution < -0.4 is 9.47 Å². The zero-order chi connectivity index (χ0) is 23.1. The monoisotopic (exact) mass is 442 g/mol. The highest BCUT2D eigenvalue weighted by molar-refractivity contribution is 5.80. The topological polar surface area (TPSA) is 98.0 Å². The molecule has 1 aromatic heterocycles. The fourth-order valence-corrected chi connectivity index (χ4v) is 3.92. The summed E-state index contributed by atoms with van der Waals surface area (Å²) in [5, 5.41) is 10.9. The van der Waals surface area contributed by atoms with Gasteiger partial charge in [0, 0.05) is 50.1 Å². The standard InChI is InChI=1S/C23H30N4O5/c1-25(11-7-19-16-20(27(29)30)5-8-24-19)9-4-10-26-12-6-17-13-21(31-2)22(32-3)14-18(17)15-23(26)28/h5,8,13-14,16H,4,6-7,9-12,15H2,1-3H3. The van der Waals surface area contributed by atoms with E-state index in [1.807, 2.05) is 24.1 Å². The van der Waals surface area contributed by atoms with Gasteiger partial charge in [0.15, 0.2) is 11.5 Å². The fourth-order valence-electron chi connectivity index (χ4n) is 3.92. The van der Waals surface area contributed by atoms with Crippen LogP contribution >= 0.6 is 0 Å². The minimum atomic E-state index is -0.405. The number of nitro groups is 1. The summed E-state index contributed by atoms with van der Waals surface area (Å²) < 4.78 is 10.8. The van der Waals surface area contributed by atoms with E-state index in [1.54, 1.807) is 14.2 Å². The number of carbonyl (C=O) groups is 1. The summed E-state index contributed by atoms with van der Waals surface area (Å²) in [7, 11) is 5.22. The van der Waals surface area contributed by atoms with Gasteiger partial charge in [0.05, 0.1) is 25.6 Å². The molecule has 0 atom stereocenters. The normalized spacial score (nSPS) is 13.6. The van der Waals surface area contributed by atoms with Gasteiger partial charge < -0.3 is 19.3 Å². The van der Waals surface area contributed by atoms with Crippen molar-refractivity contribution in [3.05, 3.63) is 57.4 Å². The number of rotatable bonds is 10. The van der Waals surface area contributed by atoms with Crippen LogP contribution in [0.4, 0.5) is 5.69 Å². The van der Waals surface area contributed by atoms with Crippen LogP contribution in [0.1, 0.15) is 23.2 Å². The first-order valence-electron chi connectivity index (χ1n) is 10.7. The number of aromatic nitrogens is 1. The van der Waals surface area contributed by atoms with Gasteiger partial charge in [0.2, 0.25) is 5.91 Å². The van der Waals surface area contributed by atoms with Crippen LogP contribution in [0, 0.1) is 10.1 Å². The number of ether oxygens (including phenoxy) is 2. The number of hydrogen-bond acceptors (Lipinski definition) is 7. The highest BCUT2D eigenvalue weighted by Crippen LogP contribution is 2.32. The molecule has 9 heteroatoms. The summed E-state index contributed by atoms with van der Waals surface area (Å²) in [6.45, 7) is 2.95. The lowest BCUT2D eigenvalue weighted by atomic mass is 10.0. The molecule has 0 fully saturated rings. The molecule has 0 aliphatic carbocycles. The number of methoxy groups -OCH3 is 2.